The molecular weight excluding hydrogens is 415 g/mol. The highest BCUT2D eigenvalue weighted by molar-refractivity contribution is 5.93. The summed E-state index contributed by atoms with van der Waals surface area (Å²) < 4.78 is 13.3. The Kier molecular flexibility index (Phi) is 8.36. The van der Waals surface area contributed by atoms with Crippen molar-refractivity contribution in [3.63, 3.8) is 0 Å². The van der Waals surface area contributed by atoms with Crippen molar-refractivity contribution in [2.24, 2.45) is 5.92 Å². The minimum Gasteiger partial charge on any atom is -0.349 e. The minimum absolute atomic E-state index is 0.0107. The third kappa shape index (κ3) is 7.28. The van der Waals surface area contributed by atoms with Gasteiger partial charge in [-0.2, -0.15) is 0 Å². The first-order valence-electron chi connectivity index (χ1n) is 11.3. The second kappa shape index (κ2) is 11.4. The van der Waals surface area contributed by atoms with Crippen molar-refractivity contribution in [3.05, 3.63) is 101 Å². The van der Waals surface area contributed by atoms with Crippen LogP contribution in [0.3, 0.4) is 0 Å². The Hall–Kier alpha value is -3.47. The van der Waals surface area contributed by atoms with Crippen molar-refractivity contribution in [2.45, 2.75) is 46.2 Å². The third-order valence-electron chi connectivity index (χ3n) is 5.43. The summed E-state index contributed by atoms with van der Waals surface area (Å²) in [6, 6.07) is 23.4. The molecule has 0 aliphatic carbocycles. The fourth-order valence-electron chi connectivity index (χ4n) is 3.65. The van der Waals surface area contributed by atoms with E-state index in [-0.39, 0.29) is 36.0 Å². The van der Waals surface area contributed by atoms with Crippen molar-refractivity contribution >= 4 is 17.5 Å². The topological polar surface area (TPSA) is 49.4 Å². The maximum atomic E-state index is 13.3. The number of nitrogens with one attached hydrogen (secondary N) is 1. The van der Waals surface area contributed by atoms with Gasteiger partial charge in [-0.3, -0.25) is 9.59 Å². The van der Waals surface area contributed by atoms with Crippen LogP contribution >= 0.6 is 0 Å². The average Bonchev–Trinajstić information content (AvgIpc) is 2.79. The number of rotatable bonds is 9. The number of hydrogen-bond acceptors (Lipinski definition) is 2. The largest absolute Gasteiger partial charge is 0.349 e. The Bertz CT molecular complexity index is 1050. The number of anilines is 1. The summed E-state index contributed by atoms with van der Waals surface area (Å²) >= 11 is 0. The Morgan fingerprint density at radius 2 is 1.45 bits per heavy atom. The van der Waals surface area contributed by atoms with Gasteiger partial charge in [0.1, 0.15) is 5.82 Å². The number of nitrogens with zero attached hydrogens (tertiary/aromatic N) is 1. The van der Waals surface area contributed by atoms with Gasteiger partial charge in [0.15, 0.2) is 0 Å². The van der Waals surface area contributed by atoms with E-state index in [2.05, 4.69) is 5.32 Å². The number of carbonyl (C=O) groups excluding carboxylic acids is 2. The summed E-state index contributed by atoms with van der Waals surface area (Å²) in [5, 5.41) is 3.02. The molecule has 0 unspecified atom stereocenters. The Morgan fingerprint density at radius 3 is 2.06 bits per heavy atom. The van der Waals surface area contributed by atoms with E-state index >= 15 is 0 Å². The van der Waals surface area contributed by atoms with E-state index in [0.717, 1.165) is 22.4 Å². The molecule has 1 atom stereocenters. The van der Waals surface area contributed by atoms with Gasteiger partial charge in [-0.1, -0.05) is 68.4 Å². The van der Waals surface area contributed by atoms with Gasteiger partial charge < -0.3 is 10.2 Å². The van der Waals surface area contributed by atoms with E-state index in [1.165, 1.54) is 12.1 Å². The molecule has 0 aliphatic rings. The first-order chi connectivity index (χ1) is 15.8. The van der Waals surface area contributed by atoms with Gasteiger partial charge in [0.05, 0.1) is 19.0 Å². The van der Waals surface area contributed by atoms with Crippen LogP contribution in [0.4, 0.5) is 10.1 Å². The molecule has 0 fully saturated rings. The maximum absolute atomic E-state index is 13.3. The van der Waals surface area contributed by atoms with E-state index in [1.54, 1.807) is 17.0 Å². The summed E-state index contributed by atoms with van der Waals surface area (Å²) in [5.41, 5.74) is 3.54. The van der Waals surface area contributed by atoms with E-state index < -0.39 is 0 Å². The van der Waals surface area contributed by atoms with E-state index in [4.69, 9.17) is 0 Å². The van der Waals surface area contributed by atoms with Gasteiger partial charge in [0.2, 0.25) is 11.8 Å². The van der Waals surface area contributed by atoms with Gasteiger partial charge in [-0.15, -0.1) is 0 Å². The Labute approximate surface area is 195 Å². The number of hydrogen-bond donors (Lipinski definition) is 1. The normalized spacial score (nSPS) is 11.8. The molecule has 0 saturated heterocycles. The van der Waals surface area contributed by atoms with Gasteiger partial charge in [0.25, 0.3) is 0 Å². The lowest BCUT2D eigenvalue weighted by Gasteiger charge is -2.24. The lowest BCUT2D eigenvalue weighted by molar-refractivity contribution is -0.121. The smallest absolute Gasteiger partial charge is 0.227 e. The van der Waals surface area contributed by atoms with Crippen LogP contribution in [-0.2, 0) is 22.6 Å². The monoisotopic (exact) mass is 446 g/mol. The quantitative estimate of drug-likeness (QED) is 0.450. The molecule has 0 aliphatic heterocycles. The van der Waals surface area contributed by atoms with Crippen molar-refractivity contribution < 1.29 is 14.0 Å². The summed E-state index contributed by atoms with van der Waals surface area (Å²) in [7, 11) is 0. The summed E-state index contributed by atoms with van der Waals surface area (Å²) in [4.78, 5) is 27.2. The first-order valence-corrected chi connectivity index (χ1v) is 11.3. The highest BCUT2D eigenvalue weighted by atomic mass is 19.1. The Balaban J connectivity index is 1.69. The van der Waals surface area contributed by atoms with Crippen LogP contribution in [0.15, 0.2) is 78.9 Å². The number of amides is 2. The molecule has 4 nitrogen and oxygen atoms in total. The first kappa shape index (κ1) is 24.2. The molecule has 0 spiro atoms. The molecule has 0 saturated carbocycles. The average molecular weight is 447 g/mol. The number of halogens is 1. The fraction of sp³-hybridized carbons (Fsp3) is 0.286. The predicted molar refractivity (Wildman–Crippen MR) is 130 cm³/mol. The van der Waals surface area contributed by atoms with E-state index in [1.807, 2.05) is 75.4 Å². The third-order valence-corrected chi connectivity index (χ3v) is 5.43. The standard InChI is InChI=1S/C28H31FN2O2/c1-20(2)17-28(33)31(19-23-9-13-25(29)14-10-23)26-15-11-22(12-16-26)18-27(32)30-21(3)24-7-5-4-6-8-24/h4-16,20-21H,17-19H2,1-3H3,(H,30,32)/t21-/m0/s1. The molecule has 3 rings (SSSR count). The lowest BCUT2D eigenvalue weighted by atomic mass is 10.1. The Morgan fingerprint density at radius 1 is 0.848 bits per heavy atom. The second-order valence-corrected chi connectivity index (χ2v) is 8.75. The van der Waals surface area contributed by atoms with Gasteiger partial charge in [-0.25, -0.2) is 4.39 Å². The molecule has 0 aromatic heterocycles. The second-order valence-electron chi connectivity index (χ2n) is 8.75. The highest BCUT2D eigenvalue weighted by Crippen LogP contribution is 2.21. The van der Waals surface area contributed by atoms with Crippen molar-refractivity contribution in [1.29, 1.82) is 0 Å². The number of carbonyl (C=O) groups is 2. The molecule has 5 heteroatoms. The zero-order chi connectivity index (χ0) is 23.8. The van der Waals surface area contributed by atoms with Crippen LogP contribution in [-0.4, -0.2) is 11.8 Å². The SMILES string of the molecule is CC(C)CC(=O)N(Cc1ccc(F)cc1)c1ccc(CC(=O)N[C@@H](C)c2ccccc2)cc1. The van der Waals surface area contributed by atoms with Crippen molar-refractivity contribution in [2.75, 3.05) is 4.90 Å². The van der Waals surface area contributed by atoms with E-state index in [9.17, 15) is 14.0 Å². The lowest BCUT2D eigenvalue weighted by Crippen LogP contribution is -2.31. The summed E-state index contributed by atoms with van der Waals surface area (Å²) in [6.07, 6.45) is 0.679. The molecule has 33 heavy (non-hydrogen) atoms. The molecule has 0 radical (unpaired) electrons. The molecule has 0 heterocycles. The van der Waals surface area contributed by atoms with Crippen LogP contribution in [0.5, 0.6) is 0 Å². The molecule has 3 aromatic carbocycles. The zero-order valence-corrected chi connectivity index (χ0v) is 19.4. The molecular formula is C28H31FN2O2. The van der Waals surface area contributed by atoms with Gasteiger partial charge in [0, 0.05) is 12.1 Å². The summed E-state index contributed by atoms with van der Waals surface area (Å²) in [6.45, 7) is 6.34. The van der Waals surface area contributed by atoms with Gasteiger partial charge in [-0.05, 0) is 53.8 Å². The molecule has 2 amide bonds. The van der Waals surface area contributed by atoms with Crippen LogP contribution in [0, 0.1) is 11.7 Å². The van der Waals surface area contributed by atoms with Crippen LogP contribution in [0.1, 0.15) is 49.9 Å². The zero-order valence-electron chi connectivity index (χ0n) is 19.4. The van der Waals surface area contributed by atoms with Crippen molar-refractivity contribution in [1.82, 2.24) is 5.32 Å². The molecule has 3 aromatic rings. The number of benzene rings is 3. The minimum atomic E-state index is -0.303. The van der Waals surface area contributed by atoms with Crippen molar-refractivity contribution in [3.8, 4) is 0 Å². The molecule has 172 valence electrons. The van der Waals surface area contributed by atoms with Gasteiger partial charge >= 0.3 is 0 Å². The van der Waals surface area contributed by atoms with E-state index in [0.29, 0.717) is 13.0 Å². The molecule has 0 bridgehead atoms. The van der Waals surface area contributed by atoms with Crippen LogP contribution < -0.4 is 10.2 Å². The molecule has 1 N–H and O–H groups in total. The summed E-state index contributed by atoms with van der Waals surface area (Å²) in [5.74, 6) is -0.125. The predicted octanol–water partition coefficient (Wildman–Crippen LogP) is 5.82. The van der Waals surface area contributed by atoms with Crippen LogP contribution in [0.2, 0.25) is 0 Å². The highest BCUT2D eigenvalue weighted by Gasteiger charge is 2.18. The fourth-order valence-corrected chi connectivity index (χ4v) is 3.65. The van der Waals surface area contributed by atoms with Crippen LogP contribution in [0.25, 0.3) is 0 Å². The maximum Gasteiger partial charge on any atom is 0.227 e.